The molecule has 7 nitrogen and oxygen atoms in total. The van der Waals surface area contributed by atoms with Gasteiger partial charge in [-0.15, -0.1) is 5.10 Å². The van der Waals surface area contributed by atoms with E-state index in [0.717, 1.165) is 32.4 Å². The summed E-state index contributed by atoms with van der Waals surface area (Å²) in [5, 5.41) is 11.1. The minimum Gasteiger partial charge on any atom is -0.497 e. The number of amides is 2. The van der Waals surface area contributed by atoms with Gasteiger partial charge in [0.1, 0.15) is 5.75 Å². The monoisotopic (exact) mass is 455 g/mol. The Balaban J connectivity index is 1.32. The maximum absolute atomic E-state index is 12.0. The van der Waals surface area contributed by atoms with Crippen LogP contribution >= 0.6 is 22.9 Å². The first-order valence-electron chi connectivity index (χ1n) is 9.79. The Kier molecular flexibility index (Phi) is 6.39. The molecule has 2 amide bonds. The third-order valence-corrected chi connectivity index (χ3v) is 6.31. The fourth-order valence-electron chi connectivity index (χ4n) is 3.12. The van der Waals surface area contributed by atoms with E-state index in [4.69, 9.17) is 16.3 Å². The van der Waals surface area contributed by atoms with Crippen molar-refractivity contribution in [1.82, 2.24) is 25.2 Å². The molecule has 4 rings (SSSR count). The van der Waals surface area contributed by atoms with Crippen LogP contribution in [0.25, 0.3) is 16.3 Å². The van der Waals surface area contributed by atoms with Crippen LogP contribution in [0.15, 0.2) is 48.5 Å². The molecule has 0 radical (unpaired) electrons. The van der Waals surface area contributed by atoms with Crippen molar-refractivity contribution in [2.75, 3.05) is 13.7 Å². The van der Waals surface area contributed by atoms with Crippen molar-refractivity contribution in [3.05, 3.63) is 69.7 Å². The average Bonchev–Trinajstić information content (AvgIpc) is 3.33. The number of methoxy groups -OCH3 is 1. The normalized spacial score (nSPS) is 10.9. The van der Waals surface area contributed by atoms with E-state index in [1.807, 2.05) is 47.8 Å². The molecular formula is C22H22ClN5O2S. The topological polar surface area (TPSA) is 80.5 Å². The number of hydrogen-bond acceptors (Lipinski definition) is 5. The van der Waals surface area contributed by atoms with E-state index in [1.54, 1.807) is 30.6 Å². The Bertz CT molecular complexity index is 1190. The third-order valence-electron chi connectivity index (χ3n) is 4.87. The van der Waals surface area contributed by atoms with Crippen molar-refractivity contribution in [1.29, 1.82) is 0 Å². The molecule has 9 heteroatoms. The predicted octanol–water partition coefficient (Wildman–Crippen LogP) is 4.47. The van der Waals surface area contributed by atoms with E-state index < -0.39 is 0 Å². The molecule has 2 aromatic carbocycles. The minimum atomic E-state index is -0.200. The van der Waals surface area contributed by atoms with Gasteiger partial charge in [-0.2, -0.15) is 4.98 Å². The summed E-state index contributed by atoms with van der Waals surface area (Å²) in [5.74, 6) is 1.48. The predicted molar refractivity (Wildman–Crippen MR) is 123 cm³/mol. The molecule has 0 unspecified atom stereocenters. The van der Waals surface area contributed by atoms with Crippen LogP contribution in [0.4, 0.5) is 4.79 Å². The number of hydrogen-bond donors (Lipinski definition) is 2. The molecule has 0 bridgehead atoms. The van der Waals surface area contributed by atoms with Gasteiger partial charge in [-0.05, 0) is 48.9 Å². The smallest absolute Gasteiger partial charge is 0.315 e. The van der Waals surface area contributed by atoms with Crippen LogP contribution < -0.4 is 15.4 Å². The van der Waals surface area contributed by atoms with Crippen LogP contribution in [0.3, 0.4) is 0 Å². The summed E-state index contributed by atoms with van der Waals surface area (Å²) in [6.45, 7) is 3.00. The SMILES string of the molecule is COc1ccc(-c2nc3sc(CCNC(=O)NCc4ccc(Cl)cc4)c(C)n3n2)cc1. The number of carbonyl (C=O) groups excluding carboxylic acids is 1. The second kappa shape index (κ2) is 9.36. The lowest BCUT2D eigenvalue weighted by molar-refractivity contribution is 0.240. The van der Waals surface area contributed by atoms with E-state index in [1.165, 1.54) is 0 Å². The van der Waals surface area contributed by atoms with Gasteiger partial charge in [-0.3, -0.25) is 0 Å². The zero-order chi connectivity index (χ0) is 21.8. The first kappa shape index (κ1) is 21.1. The molecule has 0 saturated heterocycles. The summed E-state index contributed by atoms with van der Waals surface area (Å²) in [4.78, 5) is 18.7. The van der Waals surface area contributed by atoms with Crippen LogP contribution in [0, 0.1) is 6.92 Å². The lowest BCUT2D eigenvalue weighted by Crippen LogP contribution is -2.36. The standard InChI is InChI=1S/C22H22ClN5O2S/c1-14-19(11-12-24-21(29)25-13-15-3-7-17(23)8-4-15)31-22-26-20(27-28(14)22)16-5-9-18(30-2)10-6-16/h3-10H,11-13H2,1-2H3,(H2,24,25,29). The molecular weight excluding hydrogens is 434 g/mol. The summed E-state index contributed by atoms with van der Waals surface area (Å²) < 4.78 is 7.06. The maximum atomic E-state index is 12.0. The second-order valence-corrected chi connectivity index (χ2v) is 8.45. The van der Waals surface area contributed by atoms with Gasteiger partial charge in [0.25, 0.3) is 0 Å². The van der Waals surface area contributed by atoms with Crippen molar-refractivity contribution in [3.8, 4) is 17.1 Å². The van der Waals surface area contributed by atoms with Crippen LogP contribution in [0.2, 0.25) is 5.02 Å². The van der Waals surface area contributed by atoms with Gasteiger partial charge in [0.15, 0.2) is 5.82 Å². The number of fused-ring (bicyclic) bond motifs is 1. The van der Waals surface area contributed by atoms with Crippen LogP contribution in [-0.2, 0) is 13.0 Å². The molecule has 0 fully saturated rings. The molecule has 2 N–H and O–H groups in total. The lowest BCUT2D eigenvalue weighted by atomic mass is 10.2. The zero-order valence-electron chi connectivity index (χ0n) is 17.2. The summed E-state index contributed by atoms with van der Waals surface area (Å²) in [7, 11) is 1.64. The molecule has 2 heterocycles. The summed E-state index contributed by atoms with van der Waals surface area (Å²) >= 11 is 7.46. The van der Waals surface area contributed by atoms with E-state index in [9.17, 15) is 4.79 Å². The van der Waals surface area contributed by atoms with Crippen molar-refractivity contribution in [2.45, 2.75) is 19.9 Å². The molecule has 0 aliphatic heterocycles. The highest BCUT2D eigenvalue weighted by molar-refractivity contribution is 7.17. The van der Waals surface area contributed by atoms with Gasteiger partial charge in [0, 0.05) is 35.0 Å². The van der Waals surface area contributed by atoms with Crippen LogP contribution in [0.1, 0.15) is 16.1 Å². The molecule has 4 aromatic rings. The van der Waals surface area contributed by atoms with E-state index in [2.05, 4.69) is 20.7 Å². The number of rotatable bonds is 7. The average molecular weight is 456 g/mol. The minimum absolute atomic E-state index is 0.200. The molecule has 0 aliphatic carbocycles. The largest absolute Gasteiger partial charge is 0.497 e. The lowest BCUT2D eigenvalue weighted by Gasteiger charge is -2.07. The Morgan fingerprint density at radius 2 is 1.87 bits per heavy atom. The van der Waals surface area contributed by atoms with Gasteiger partial charge in [0.05, 0.1) is 12.8 Å². The highest BCUT2D eigenvalue weighted by Crippen LogP contribution is 2.26. The van der Waals surface area contributed by atoms with Gasteiger partial charge < -0.3 is 15.4 Å². The van der Waals surface area contributed by atoms with Crippen molar-refractivity contribution in [3.63, 3.8) is 0 Å². The quantitative estimate of drug-likeness (QED) is 0.431. The number of halogens is 1. The van der Waals surface area contributed by atoms with E-state index in [-0.39, 0.29) is 6.03 Å². The first-order valence-corrected chi connectivity index (χ1v) is 11.0. The molecule has 0 spiro atoms. The van der Waals surface area contributed by atoms with Gasteiger partial charge in [-0.25, -0.2) is 9.31 Å². The van der Waals surface area contributed by atoms with Crippen molar-refractivity contribution < 1.29 is 9.53 Å². The number of carbonyl (C=O) groups is 1. The number of aromatic nitrogens is 3. The molecule has 31 heavy (non-hydrogen) atoms. The number of nitrogens with one attached hydrogen (secondary N) is 2. The fourth-order valence-corrected chi connectivity index (χ4v) is 4.30. The van der Waals surface area contributed by atoms with E-state index >= 15 is 0 Å². The Morgan fingerprint density at radius 3 is 2.55 bits per heavy atom. The highest BCUT2D eigenvalue weighted by Gasteiger charge is 2.14. The molecule has 0 atom stereocenters. The van der Waals surface area contributed by atoms with Crippen LogP contribution in [0.5, 0.6) is 5.75 Å². The van der Waals surface area contributed by atoms with E-state index in [0.29, 0.717) is 30.4 Å². The van der Waals surface area contributed by atoms with Gasteiger partial charge >= 0.3 is 6.03 Å². The Morgan fingerprint density at radius 1 is 1.13 bits per heavy atom. The Labute approximate surface area is 189 Å². The highest BCUT2D eigenvalue weighted by atomic mass is 35.5. The van der Waals surface area contributed by atoms with Crippen molar-refractivity contribution >= 4 is 33.9 Å². The molecule has 2 aromatic heterocycles. The Hall–Kier alpha value is -3.10. The molecule has 0 saturated carbocycles. The zero-order valence-corrected chi connectivity index (χ0v) is 18.8. The van der Waals surface area contributed by atoms with Crippen molar-refractivity contribution in [2.24, 2.45) is 0 Å². The summed E-state index contributed by atoms with van der Waals surface area (Å²) in [6, 6.07) is 14.9. The summed E-state index contributed by atoms with van der Waals surface area (Å²) in [6.07, 6.45) is 0.716. The maximum Gasteiger partial charge on any atom is 0.315 e. The number of nitrogens with zero attached hydrogens (tertiary/aromatic N) is 3. The number of aryl methyl sites for hydroxylation is 1. The summed E-state index contributed by atoms with van der Waals surface area (Å²) in [5.41, 5.74) is 2.97. The second-order valence-electron chi connectivity index (χ2n) is 6.95. The van der Waals surface area contributed by atoms with Gasteiger partial charge in [-0.1, -0.05) is 35.1 Å². The fraction of sp³-hybridized carbons (Fsp3) is 0.227. The number of thiazole rings is 1. The van der Waals surface area contributed by atoms with Crippen LogP contribution in [-0.4, -0.2) is 34.3 Å². The molecule has 160 valence electrons. The molecule has 0 aliphatic rings. The number of ether oxygens (including phenoxy) is 1. The first-order chi connectivity index (χ1) is 15.0. The van der Waals surface area contributed by atoms with Gasteiger partial charge in [0.2, 0.25) is 4.96 Å². The third kappa shape index (κ3) is 4.98. The number of urea groups is 1. The number of benzene rings is 2.